The molecule has 12 heteroatoms. The van der Waals surface area contributed by atoms with Gasteiger partial charge < -0.3 is 23.9 Å². The van der Waals surface area contributed by atoms with Crippen LogP contribution in [0.15, 0.2) is 97.9 Å². The third-order valence-corrected chi connectivity index (χ3v) is 8.24. The number of carbonyl (C=O) groups excluding carboxylic acids is 2. The van der Waals surface area contributed by atoms with Crippen molar-refractivity contribution in [2.24, 2.45) is 0 Å². The van der Waals surface area contributed by atoms with E-state index in [9.17, 15) is 9.59 Å². The predicted octanol–water partition coefficient (Wildman–Crippen LogP) is 7.31. The number of rotatable bonds is 11. The van der Waals surface area contributed by atoms with Gasteiger partial charge in [0.05, 0.1) is 35.9 Å². The topological polar surface area (TPSA) is 113 Å². The van der Waals surface area contributed by atoms with Gasteiger partial charge >= 0.3 is 5.97 Å². The molecule has 242 valence electrons. The molecule has 10 nitrogen and oxygen atoms in total. The summed E-state index contributed by atoms with van der Waals surface area (Å²) in [5, 5.41) is 4.70. The van der Waals surface area contributed by atoms with E-state index >= 15 is 0 Å². The van der Waals surface area contributed by atoms with Gasteiger partial charge in [0, 0.05) is 58.2 Å². The van der Waals surface area contributed by atoms with E-state index < -0.39 is 5.97 Å². The molecule has 0 aliphatic carbocycles. The molecule has 0 spiro atoms. The summed E-state index contributed by atoms with van der Waals surface area (Å²) in [4.78, 5) is 37.5. The van der Waals surface area contributed by atoms with E-state index in [4.69, 9.17) is 37.7 Å². The number of aromatic nitrogens is 5. The van der Waals surface area contributed by atoms with Crippen LogP contribution in [0.2, 0.25) is 10.0 Å². The molecule has 0 fully saturated rings. The first-order chi connectivity index (χ1) is 23.3. The molecule has 48 heavy (non-hydrogen) atoms. The van der Waals surface area contributed by atoms with Crippen molar-refractivity contribution in [1.29, 1.82) is 0 Å². The van der Waals surface area contributed by atoms with Crippen LogP contribution in [0.25, 0.3) is 28.4 Å². The normalized spacial score (nSPS) is 11.2. The van der Waals surface area contributed by atoms with Gasteiger partial charge in [0.25, 0.3) is 0 Å². The molecule has 0 aliphatic rings. The van der Waals surface area contributed by atoms with Crippen molar-refractivity contribution in [1.82, 2.24) is 29.4 Å². The maximum Gasteiger partial charge on any atom is 0.356 e. The third-order valence-electron chi connectivity index (χ3n) is 7.46. The number of imidazole rings is 1. The molecule has 4 aromatic heterocycles. The van der Waals surface area contributed by atoms with E-state index in [-0.39, 0.29) is 31.4 Å². The van der Waals surface area contributed by atoms with Crippen LogP contribution < -0.4 is 10.1 Å². The van der Waals surface area contributed by atoms with Crippen molar-refractivity contribution in [3.05, 3.63) is 136 Å². The molecule has 0 atom stereocenters. The molecule has 0 bridgehead atoms. The number of nitrogens with zero attached hydrogens (tertiary/aromatic N) is 5. The molecule has 6 aromatic rings. The fourth-order valence-corrected chi connectivity index (χ4v) is 5.72. The predicted molar refractivity (Wildman–Crippen MR) is 185 cm³/mol. The first-order valence-electron chi connectivity index (χ1n) is 15.1. The quantitative estimate of drug-likeness (QED) is 0.113. The minimum absolute atomic E-state index is 0.106. The van der Waals surface area contributed by atoms with E-state index in [1.807, 2.05) is 70.9 Å². The van der Waals surface area contributed by atoms with Gasteiger partial charge in [0.15, 0.2) is 0 Å². The van der Waals surface area contributed by atoms with Gasteiger partial charge in [-0.15, -0.1) is 0 Å². The van der Waals surface area contributed by atoms with E-state index in [2.05, 4.69) is 15.3 Å². The molecule has 0 saturated heterocycles. The highest BCUT2D eigenvalue weighted by Gasteiger charge is 2.17. The second kappa shape index (κ2) is 14.5. The SMILES string of the molecule is CCOC(=O)c1ccc(/C=C/C(=O)NCc2cccn2-c2ccc(Cl)c(COc3cccc4c(-n5ccnc5)cc(C)nc34)c2Cl)cn1. The number of halogens is 2. The summed E-state index contributed by atoms with van der Waals surface area (Å²) in [6, 6.07) is 18.4. The third kappa shape index (κ3) is 7.10. The molecule has 2 aromatic carbocycles. The first kappa shape index (κ1) is 32.5. The monoisotopic (exact) mass is 680 g/mol. The summed E-state index contributed by atoms with van der Waals surface area (Å²) in [6.45, 7) is 4.28. The Labute approximate surface area is 286 Å². The van der Waals surface area contributed by atoms with Gasteiger partial charge in [0.2, 0.25) is 5.91 Å². The van der Waals surface area contributed by atoms with Crippen LogP contribution in [0.4, 0.5) is 0 Å². The van der Waals surface area contributed by atoms with Crippen LogP contribution in [0, 0.1) is 6.92 Å². The van der Waals surface area contributed by atoms with Crippen molar-refractivity contribution in [2.45, 2.75) is 27.0 Å². The van der Waals surface area contributed by atoms with E-state index in [1.54, 1.807) is 43.7 Å². The van der Waals surface area contributed by atoms with Crippen molar-refractivity contribution in [2.75, 3.05) is 6.61 Å². The number of amides is 1. The molecule has 0 unspecified atom stereocenters. The van der Waals surface area contributed by atoms with Crippen LogP contribution in [0.1, 0.15) is 39.9 Å². The summed E-state index contributed by atoms with van der Waals surface area (Å²) in [6.07, 6.45) is 11.8. The number of esters is 1. The van der Waals surface area contributed by atoms with E-state index in [1.165, 1.54) is 12.3 Å². The highest BCUT2D eigenvalue weighted by molar-refractivity contribution is 6.37. The van der Waals surface area contributed by atoms with E-state index in [0.29, 0.717) is 38.1 Å². The number of fused-ring (bicyclic) bond motifs is 1. The second-order valence-electron chi connectivity index (χ2n) is 10.7. The molecule has 1 N–H and O–H groups in total. The Balaban J connectivity index is 1.16. The zero-order chi connectivity index (χ0) is 33.6. The summed E-state index contributed by atoms with van der Waals surface area (Å²) >= 11 is 13.6. The van der Waals surface area contributed by atoms with Crippen LogP contribution in [-0.4, -0.2) is 42.6 Å². The van der Waals surface area contributed by atoms with Gasteiger partial charge in [0.1, 0.15) is 23.6 Å². The molecule has 0 saturated carbocycles. The maximum atomic E-state index is 12.6. The minimum Gasteiger partial charge on any atom is -0.487 e. The number of carbonyl (C=O) groups is 2. The van der Waals surface area contributed by atoms with Crippen molar-refractivity contribution < 1.29 is 19.1 Å². The molecule has 1 amide bonds. The fourth-order valence-electron chi connectivity index (χ4n) is 5.15. The van der Waals surface area contributed by atoms with Gasteiger partial charge in [-0.05, 0) is 68.0 Å². The average molecular weight is 682 g/mol. The van der Waals surface area contributed by atoms with Gasteiger partial charge in [-0.1, -0.05) is 41.4 Å². The Bertz CT molecular complexity index is 2130. The summed E-state index contributed by atoms with van der Waals surface area (Å²) in [5.74, 6) is -0.200. The zero-order valence-corrected chi connectivity index (χ0v) is 27.6. The van der Waals surface area contributed by atoms with Crippen LogP contribution in [-0.2, 0) is 22.7 Å². The molecule has 0 radical (unpaired) electrons. The number of hydrogen-bond donors (Lipinski definition) is 1. The van der Waals surface area contributed by atoms with Gasteiger partial charge in [-0.25, -0.2) is 19.7 Å². The summed E-state index contributed by atoms with van der Waals surface area (Å²) in [7, 11) is 0. The number of benzene rings is 2. The van der Waals surface area contributed by atoms with Gasteiger partial charge in [-0.3, -0.25) is 4.79 Å². The summed E-state index contributed by atoms with van der Waals surface area (Å²) < 4.78 is 15.1. The van der Waals surface area contributed by atoms with Crippen LogP contribution >= 0.6 is 23.2 Å². The van der Waals surface area contributed by atoms with Crippen molar-refractivity contribution in [3.8, 4) is 17.1 Å². The van der Waals surface area contributed by atoms with E-state index in [0.717, 1.165) is 22.5 Å². The lowest BCUT2D eigenvalue weighted by molar-refractivity contribution is -0.116. The number of nitrogens with one attached hydrogen (secondary N) is 1. The smallest absolute Gasteiger partial charge is 0.356 e. The highest BCUT2D eigenvalue weighted by Crippen LogP contribution is 2.34. The van der Waals surface area contributed by atoms with Crippen LogP contribution in [0.3, 0.4) is 0 Å². The Kier molecular flexibility index (Phi) is 9.84. The Morgan fingerprint density at radius 2 is 1.90 bits per heavy atom. The number of ether oxygens (including phenoxy) is 2. The maximum absolute atomic E-state index is 12.6. The first-order valence-corrected chi connectivity index (χ1v) is 15.8. The highest BCUT2D eigenvalue weighted by atomic mass is 35.5. The standard InChI is InChI=1S/C36H30Cl2N6O4/c1-3-47-36(46)29-12-9-24(19-40-29)10-14-33(45)41-20-25-6-5-16-44(25)30-13-11-28(37)27(34(30)38)21-48-32-8-4-7-26-31(43-17-15-39-22-43)18-23(2)42-35(26)32/h4-19,22H,3,20-21H2,1-2H3,(H,41,45)/b14-10+. The number of hydrogen-bond acceptors (Lipinski definition) is 7. The second-order valence-corrected chi connectivity index (χ2v) is 11.5. The molecule has 4 heterocycles. The average Bonchev–Trinajstić information content (AvgIpc) is 3.80. The number of aryl methyl sites for hydroxylation is 1. The molecular formula is C36H30Cl2N6O4. The molecule has 0 aliphatic heterocycles. The van der Waals surface area contributed by atoms with Crippen LogP contribution in [0.5, 0.6) is 5.75 Å². The van der Waals surface area contributed by atoms with Gasteiger partial charge in [-0.2, -0.15) is 0 Å². The van der Waals surface area contributed by atoms with Crippen molar-refractivity contribution in [3.63, 3.8) is 0 Å². The number of para-hydroxylation sites is 1. The van der Waals surface area contributed by atoms with Crippen molar-refractivity contribution >= 4 is 52.1 Å². The minimum atomic E-state index is -0.494. The molecule has 6 rings (SSSR count). The number of pyridine rings is 2. The lowest BCUT2D eigenvalue weighted by Gasteiger charge is -2.17. The Morgan fingerprint density at radius 1 is 1.02 bits per heavy atom. The lowest BCUT2D eigenvalue weighted by Crippen LogP contribution is -2.21. The molecular weight excluding hydrogens is 651 g/mol. The Hall–Kier alpha value is -5.45. The zero-order valence-electron chi connectivity index (χ0n) is 26.1. The summed E-state index contributed by atoms with van der Waals surface area (Å²) in [5.41, 5.74) is 5.47. The largest absolute Gasteiger partial charge is 0.487 e. The fraction of sp³-hybridized carbons (Fsp3) is 0.139. The Morgan fingerprint density at radius 3 is 2.67 bits per heavy atom. The lowest BCUT2D eigenvalue weighted by atomic mass is 10.1.